The van der Waals surface area contributed by atoms with E-state index in [4.69, 9.17) is 4.74 Å². The second-order valence-corrected chi connectivity index (χ2v) is 7.91. The molecule has 3 aromatic rings. The Morgan fingerprint density at radius 1 is 1.29 bits per heavy atom. The summed E-state index contributed by atoms with van der Waals surface area (Å²) in [4.78, 5) is 17.4. The Morgan fingerprint density at radius 2 is 2.03 bits per heavy atom. The van der Waals surface area contributed by atoms with E-state index in [2.05, 4.69) is 10.3 Å². The van der Waals surface area contributed by atoms with Crippen LogP contribution in [0.2, 0.25) is 0 Å². The van der Waals surface area contributed by atoms with E-state index in [1.54, 1.807) is 23.0 Å². The lowest BCUT2D eigenvalue weighted by Gasteiger charge is -2.39. The van der Waals surface area contributed by atoms with Gasteiger partial charge in [-0.1, -0.05) is 6.07 Å². The van der Waals surface area contributed by atoms with Gasteiger partial charge >= 0.3 is 6.18 Å². The van der Waals surface area contributed by atoms with Gasteiger partial charge < -0.3 is 19.6 Å². The Balaban J connectivity index is 1.78. The molecule has 31 heavy (non-hydrogen) atoms. The summed E-state index contributed by atoms with van der Waals surface area (Å²) in [6, 6.07) is 3.48. The minimum atomic E-state index is -4.74. The van der Waals surface area contributed by atoms with Gasteiger partial charge in [0, 0.05) is 24.2 Å². The molecule has 4 rings (SSSR count). The molecule has 0 unspecified atom stereocenters. The third-order valence-electron chi connectivity index (χ3n) is 5.57. The minimum Gasteiger partial charge on any atom is -0.385 e. The van der Waals surface area contributed by atoms with E-state index in [-0.39, 0.29) is 24.3 Å². The van der Waals surface area contributed by atoms with Crippen LogP contribution in [0.5, 0.6) is 0 Å². The van der Waals surface area contributed by atoms with Crippen molar-refractivity contribution in [1.82, 2.24) is 14.7 Å². The van der Waals surface area contributed by atoms with Crippen LogP contribution in [0.1, 0.15) is 34.0 Å². The fourth-order valence-corrected chi connectivity index (χ4v) is 3.86. The summed E-state index contributed by atoms with van der Waals surface area (Å²) in [7, 11) is 0. The molecule has 0 saturated carbocycles. The predicted molar refractivity (Wildman–Crippen MR) is 102 cm³/mol. The lowest BCUT2D eigenvalue weighted by atomic mass is 9.77. The van der Waals surface area contributed by atoms with Crippen LogP contribution in [0.3, 0.4) is 0 Å². The zero-order valence-electron chi connectivity index (χ0n) is 16.6. The van der Waals surface area contributed by atoms with Gasteiger partial charge in [0.15, 0.2) is 0 Å². The summed E-state index contributed by atoms with van der Waals surface area (Å²) in [5.74, 6) is -1.89. The van der Waals surface area contributed by atoms with Gasteiger partial charge in [0.05, 0.1) is 24.3 Å². The predicted octanol–water partition coefficient (Wildman–Crippen LogP) is 3.21. The number of fused-ring (bicyclic) bond motifs is 1. The number of aromatic nitrogens is 2. The molecule has 0 bridgehead atoms. The summed E-state index contributed by atoms with van der Waals surface area (Å²) in [6.45, 7) is 2.59. The van der Waals surface area contributed by atoms with Crippen LogP contribution in [-0.4, -0.2) is 39.2 Å². The molecule has 1 amide bonds. The van der Waals surface area contributed by atoms with Gasteiger partial charge in [-0.05, 0) is 37.6 Å². The average molecular weight is 437 g/mol. The number of benzene rings is 1. The van der Waals surface area contributed by atoms with Gasteiger partial charge in [-0.25, -0.2) is 9.37 Å². The molecule has 2 aromatic heterocycles. The van der Waals surface area contributed by atoms with Crippen LogP contribution in [-0.2, 0) is 16.5 Å². The smallest absolute Gasteiger partial charge is 0.385 e. The second-order valence-electron chi connectivity index (χ2n) is 7.91. The number of hydrogen-bond donors (Lipinski definition) is 2. The van der Waals surface area contributed by atoms with Crippen molar-refractivity contribution < 1.29 is 32.2 Å². The number of halogens is 4. The van der Waals surface area contributed by atoms with Crippen LogP contribution in [0.4, 0.5) is 17.6 Å². The Bertz CT molecular complexity index is 1170. The Morgan fingerprint density at radius 3 is 2.65 bits per heavy atom. The molecule has 0 aliphatic carbocycles. The van der Waals surface area contributed by atoms with Gasteiger partial charge in [0.1, 0.15) is 22.6 Å². The maximum Gasteiger partial charge on any atom is 0.416 e. The zero-order chi connectivity index (χ0) is 22.6. The van der Waals surface area contributed by atoms with Crippen LogP contribution < -0.4 is 5.32 Å². The Hall–Kier alpha value is -2.98. The first kappa shape index (κ1) is 21.3. The quantitative estimate of drug-likeness (QED) is 0.617. The molecule has 1 aliphatic heterocycles. The van der Waals surface area contributed by atoms with Crippen molar-refractivity contribution in [3.63, 3.8) is 0 Å². The molecule has 6 nitrogen and oxygen atoms in total. The molecule has 3 heterocycles. The third kappa shape index (κ3) is 3.45. The molecular weight excluding hydrogens is 418 g/mol. The lowest BCUT2D eigenvalue weighted by Crippen LogP contribution is -2.60. The number of nitrogens with zero attached hydrogens (tertiary/aromatic N) is 2. The largest absolute Gasteiger partial charge is 0.416 e. The number of ether oxygens (including phenoxy) is 1. The van der Waals surface area contributed by atoms with E-state index in [1.165, 1.54) is 13.0 Å². The summed E-state index contributed by atoms with van der Waals surface area (Å²) in [5.41, 5.74) is -3.71. The topological polar surface area (TPSA) is 75.9 Å². The van der Waals surface area contributed by atoms with E-state index in [1.807, 2.05) is 6.92 Å². The average Bonchev–Trinajstić information content (AvgIpc) is 3.21. The van der Waals surface area contributed by atoms with Gasteiger partial charge in [0.25, 0.3) is 5.91 Å². The van der Waals surface area contributed by atoms with Gasteiger partial charge in [0.2, 0.25) is 0 Å². The molecular formula is C21H19F4N3O3. The summed E-state index contributed by atoms with van der Waals surface area (Å²) in [5, 5.41) is 13.6. The molecule has 164 valence electrons. The molecule has 2 N–H and O–H groups in total. The lowest BCUT2D eigenvalue weighted by molar-refractivity contribution is -0.137. The number of carbonyl (C=O) groups excluding carboxylic acids is 1. The van der Waals surface area contributed by atoms with Gasteiger partial charge in [-0.3, -0.25) is 4.79 Å². The van der Waals surface area contributed by atoms with Gasteiger partial charge in [-0.15, -0.1) is 0 Å². The maximum absolute atomic E-state index is 14.9. The number of nitrogens with one attached hydrogen (secondary N) is 1. The fourth-order valence-electron chi connectivity index (χ4n) is 3.86. The molecule has 1 saturated heterocycles. The highest BCUT2D eigenvalue weighted by Crippen LogP contribution is 2.41. The van der Waals surface area contributed by atoms with Crippen LogP contribution in [0.15, 0.2) is 42.9 Å². The molecule has 1 aromatic carbocycles. The molecule has 2 atom stereocenters. The first-order valence-electron chi connectivity index (χ1n) is 9.38. The summed E-state index contributed by atoms with van der Waals surface area (Å²) < 4.78 is 60.8. The molecule has 0 spiro atoms. The van der Waals surface area contributed by atoms with Crippen molar-refractivity contribution in [3.8, 4) is 0 Å². The number of alkyl halides is 3. The minimum absolute atomic E-state index is 0.161. The summed E-state index contributed by atoms with van der Waals surface area (Å²) in [6.07, 6.45) is 0.226. The standard InChI is InChI=1S/C21H19F4N3O3/c1-12-8-26-17-14(5-6-28(17)9-12)18(29)27-20(11-31-10-19(20,2)30)15-4-3-13(7-16(15)22)21(23,24)25/h3-9,30H,10-11H2,1-2H3,(H,27,29)/t19-,20+/m1/s1. The third-order valence-corrected chi connectivity index (χ3v) is 5.57. The van der Waals surface area contributed by atoms with Crippen molar-refractivity contribution >= 4 is 11.6 Å². The molecule has 1 aliphatic rings. The van der Waals surface area contributed by atoms with Crippen LogP contribution >= 0.6 is 0 Å². The first-order valence-corrected chi connectivity index (χ1v) is 9.38. The van der Waals surface area contributed by atoms with Crippen molar-refractivity contribution in [2.24, 2.45) is 0 Å². The zero-order valence-corrected chi connectivity index (χ0v) is 16.6. The van der Waals surface area contributed by atoms with E-state index in [9.17, 15) is 27.5 Å². The van der Waals surface area contributed by atoms with E-state index in [0.717, 1.165) is 11.6 Å². The van der Waals surface area contributed by atoms with Crippen molar-refractivity contribution in [1.29, 1.82) is 0 Å². The monoisotopic (exact) mass is 437 g/mol. The summed E-state index contributed by atoms with van der Waals surface area (Å²) >= 11 is 0. The highest BCUT2D eigenvalue weighted by atomic mass is 19.4. The highest BCUT2D eigenvalue weighted by molar-refractivity contribution is 6.00. The van der Waals surface area contributed by atoms with Crippen molar-refractivity contribution in [2.45, 2.75) is 31.2 Å². The van der Waals surface area contributed by atoms with E-state index in [0.29, 0.717) is 17.8 Å². The Kier molecular flexibility index (Phi) is 4.82. The number of aliphatic hydroxyl groups is 1. The Labute approximate surface area is 174 Å². The fraction of sp³-hybridized carbons (Fsp3) is 0.333. The molecule has 1 fully saturated rings. The number of rotatable bonds is 3. The first-order chi connectivity index (χ1) is 14.4. The number of amides is 1. The SMILES string of the molecule is Cc1cnc2c(C(=O)N[C@]3(c4ccc(C(F)(F)F)cc4F)COC[C@@]3(C)O)ccn2c1. The maximum atomic E-state index is 14.9. The van der Waals surface area contributed by atoms with E-state index < -0.39 is 34.6 Å². The van der Waals surface area contributed by atoms with Crippen LogP contribution in [0.25, 0.3) is 5.65 Å². The van der Waals surface area contributed by atoms with E-state index >= 15 is 0 Å². The van der Waals surface area contributed by atoms with Crippen LogP contribution in [0, 0.1) is 12.7 Å². The number of hydrogen-bond acceptors (Lipinski definition) is 4. The number of aryl methyl sites for hydroxylation is 1. The van der Waals surface area contributed by atoms with Crippen molar-refractivity contribution in [2.75, 3.05) is 13.2 Å². The molecule has 0 radical (unpaired) electrons. The van der Waals surface area contributed by atoms with Crippen molar-refractivity contribution in [3.05, 3.63) is 70.9 Å². The normalized spacial score (nSPS) is 24.0. The van der Waals surface area contributed by atoms with Gasteiger partial charge in [-0.2, -0.15) is 13.2 Å². The highest BCUT2D eigenvalue weighted by Gasteiger charge is 2.56. The number of carbonyl (C=O) groups is 1. The second kappa shape index (κ2) is 7.03. The molecule has 10 heteroatoms.